The summed E-state index contributed by atoms with van der Waals surface area (Å²) in [5, 5.41) is 17.4. The third-order valence-electron chi connectivity index (χ3n) is 6.15. The van der Waals surface area contributed by atoms with Gasteiger partial charge in [0.05, 0.1) is 13.0 Å². The van der Waals surface area contributed by atoms with Crippen LogP contribution in [0, 0.1) is 0 Å². The zero-order valence-electron chi connectivity index (χ0n) is 23.8. The fourth-order valence-corrected chi connectivity index (χ4v) is 4.44. The van der Waals surface area contributed by atoms with Crippen LogP contribution in [0.25, 0.3) is 0 Å². The lowest BCUT2D eigenvalue weighted by molar-refractivity contribution is -0.138. The Bertz CT molecular complexity index is 1370. The predicted octanol–water partition coefficient (Wildman–Crippen LogP) is 4.47. The maximum atomic E-state index is 13.3. The van der Waals surface area contributed by atoms with Gasteiger partial charge in [0.1, 0.15) is 6.54 Å². The molecule has 0 heterocycles. The van der Waals surface area contributed by atoms with E-state index in [4.69, 9.17) is 5.11 Å². The topological polar surface area (TPSA) is 148 Å². The van der Waals surface area contributed by atoms with E-state index in [-0.39, 0.29) is 26.1 Å². The summed E-state index contributed by atoms with van der Waals surface area (Å²) in [6.45, 7) is -0.472. The quantitative estimate of drug-likeness (QED) is 0.187. The number of aliphatic carboxylic acids is 1. The van der Waals surface area contributed by atoms with Gasteiger partial charge < -0.3 is 30.9 Å². The molecule has 0 aromatic heterocycles. The lowest BCUT2D eigenvalue weighted by atomic mass is 10.2. The number of carbonyl (C=O) groups excluding carboxylic acids is 4. The average Bonchev–Trinajstić information content (AvgIpc) is 3.00. The van der Waals surface area contributed by atoms with Crippen LogP contribution < -0.4 is 16.0 Å². The number of benzene rings is 3. The molecule has 0 aliphatic carbocycles. The smallest absolute Gasteiger partial charge is 0.323 e. The van der Waals surface area contributed by atoms with Gasteiger partial charge in [0.2, 0.25) is 11.8 Å². The number of amides is 5. The third kappa shape index (κ3) is 11.5. The molecule has 43 heavy (non-hydrogen) atoms. The van der Waals surface area contributed by atoms with Gasteiger partial charge in [-0.15, -0.1) is 0 Å². The zero-order chi connectivity index (χ0) is 31.0. The number of nitrogens with one attached hydrogen (secondary N) is 3. The minimum Gasteiger partial charge on any atom is -0.481 e. The Kier molecular flexibility index (Phi) is 13.1. The Balaban J connectivity index is 1.61. The van der Waals surface area contributed by atoms with Crippen LogP contribution in [0.3, 0.4) is 0 Å². The van der Waals surface area contributed by atoms with Crippen molar-refractivity contribution in [1.29, 1.82) is 0 Å². The van der Waals surface area contributed by atoms with Crippen molar-refractivity contribution in [3.8, 4) is 0 Å². The standard InChI is InChI=1S/C31H35N5O6S/c1-43-20-8-18-35(28(38)22-36(19-17-29(39)40)30(41)23-9-4-2-5-10-23)21-27(37)32-25-13-15-26(16-14-25)34-31(42)33-24-11-6-3-7-12-24/h2-7,9-16H,8,17-22H2,1H3,(H,32,37)(H,39,40)(H2,33,34,42). The molecule has 0 spiro atoms. The maximum absolute atomic E-state index is 13.3. The molecule has 0 bridgehead atoms. The van der Waals surface area contributed by atoms with E-state index in [1.54, 1.807) is 78.5 Å². The van der Waals surface area contributed by atoms with Crippen LogP contribution >= 0.6 is 11.8 Å². The van der Waals surface area contributed by atoms with Crippen molar-refractivity contribution in [2.45, 2.75) is 12.8 Å². The second kappa shape index (κ2) is 17.2. The van der Waals surface area contributed by atoms with Crippen molar-refractivity contribution in [2.24, 2.45) is 0 Å². The number of carbonyl (C=O) groups is 5. The highest BCUT2D eigenvalue weighted by atomic mass is 32.2. The molecule has 3 aromatic carbocycles. The number of nitrogens with zero attached hydrogens (tertiary/aromatic N) is 2. The summed E-state index contributed by atoms with van der Waals surface area (Å²) < 4.78 is 0. The van der Waals surface area contributed by atoms with Gasteiger partial charge in [0, 0.05) is 35.7 Å². The Hall–Kier alpha value is -4.84. The number of anilines is 3. The SMILES string of the molecule is CSCCCN(CC(=O)Nc1ccc(NC(=O)Nc2ccccc2)cc1)C(=O)CN(CCC(=O)O)C(=O)c1ccccc1. The molecular formula is C31H35N5O6S. The molecule has 0 saturated carbocycles. The first-order valence-corrected chi connectivity index (χ1v) is 15.0. The predicted molar refractivity (Wildman–Crippen MR) is 168 cm³/mol. The van der Waals surface area contributed by atoms with Crippen molar-refractivity contribution in [3.05, 3.63) is 90.5 Å². The van der Waals surface area contributed by atoms with E-state index in [0.717, 1.165) is 5.75 Å². The lowest BCUT2D eigenvalue weighted by Gasteiger charge is -2.27. The minimum absolute atomic E-state index is 0.149. The Morgan fingerprint density at radius 2 is 1.26 bits per heavy atom. The molecule has 12 heteroatoms. The van der Waals surface area contributed by atoms with E-state index in [1.807, 2.05) is 24.5 Å². The van der Waals surface area contributed by atoms with Crippen LogP contribution in [0.1, 0.15) is 23.2 Å². The van der Waals surface area contributed by atoms with E-state index in [2.05, 4.69) is 16.0 Å². The first-order valence-electron chi connectivity index (χ1n) is 13.6. The molecule has 0 aliphatic rings. The van der Waals surface area contributed by atoms with Crippen LogP contribution in [-0.4, -0.2) is 82.8 Å². The van der Waals surface area contributed by atoms with Crippen molar-refractivity contribution in [2.75, 3.05) is 54.1 Å². The number of carboxylic acid groups (broad SMARTS) is 1. The van der Waals surface area contributed by atoms with Crippen LogP contribution in [0.5, 0.6) is 0 Å². The monoisotopic (exact) mass is 605 g/mol. The molecule has 3 aromatic rings. The molecule has 0 saturated heterocycles. The molecule has 0 aliphatic heterocycles. The summed E-state index contributed by atoms with van der Waals surface area (Å²) in [5.41, 5.74) is 1.97. The Morgan fingerprint density at radius 1 is 0.698 bits per heavy atom. The zero-order valence-corrected chi connectivity index (χ0v) is 24.6. The summed E-state index contributed by atoms with van der Waals surface area (Å²) in [6.07, 6.45) is 2.25. The van der Waals surface area contributed by atoms with Gasteiger partial charge in [-0.25, -0.2) is 4.79 Å². The molecule has 0 atom stereocenters. The van der Waals surface area contributed by atoms with Crippen LogP contribution in [-0.2, 0) is 14.4 Å². The van der Waals surface area contributed by atoms with Gasteiger partial charge >= 0.3 is 12.0 Å². The fraction of sp³-hybridized carbons (Fsp3) is 0.258. The van der Waals surface area contributed by atoms with Crippen LogP contribution in [0.2, 0.25) is 0 Å². The highest BCUT2D eigenvalue weighted by Gasteiger charge is 2.24. The van der Waals surface area contributed by atoms with E-state index in [9.17, 15) is 24.0 Å². The van der Waals surface area contributed by atoms with Crippen molar-refractivity contribution >= 4 is 58.5 Å². The number of rotatable bonds is 15. The summed E-state index contributed by atoms with van der Waals surface area (Å²) >= 11 is 1.61. The molecule has 226 valence electrons. The molecule has 3 rings (SSSR count). The highest BCUT2D eigenvalue weighted by Crippen LogP contribution is 2.15. The largest absolute Gasteiger partial charge is 0.481 e. The van der Waals surface area contributed by atoms with Gasteiger partial charge in [0.15, 0.2) is 0 Å². The van der Waals surface area contributed by atoms with E-state index >= 15 is 0 Å². The van der Waals surface area contributed by atoms with E-state index in [1.165, 1.54) is 9.80 Å². The average molecular weight is 606 g/mol. The minimum atomic E-state index is -1.09. The summed E-state index contributed by atoms with van der Waals surface area (Å²) in [4.78, 5) is 65.4. The number of para-hydroxylation sites is 1. The number of carboxylic acids is 1. The molecule has 4 N–H and O–H groups in total. The van der Waals surface area contributed by atoms with Gasteiger partial charge in [-0.05, 0) is 67.0 Å². The first-order chi connectivity index (χ1) is 20.7. The van der Waals surface area contributed by atoms with Gasteiger partial charge in [-0.3, -0.25) is 19.2 Å². The van der Waals surface area contributed by atoms with Crippen molar-refractivity contribution < 1.29 is 29.1 Å². The molecule has 0 unspecified atom stereocenters. The Morgan fingerprint density at radius 3 is 1.84 bits per heavy atom. The molecule has 11 nitrogen and oxygen atoms in total. The Labute approximate surface area is 254 Å². The highest BCUT2D eigenvalue weighted by molar-refractivity contribution is 7.98. The summed E-state index contributed by atoms with van der Waals surface area (Å²) in [7, 11) is 0. The van der Waals surface area contributed by atoms with Gasteiger partial charge in [-0.2, -0.15) is 11.8 Å². The number of hydrogen-bond acceptors (Lipinski definition) is 6. The molecule has 0 radical (unpaired) electrons. The molecule has 5 amide bonds. The fourth-order valence-electron chi connectivity index (χ4n) is 4.03. The van der Waals surface area contributed by atoms with E-state index < -0.39 is 29.7 Å². The number of thioether (sulfide) groups is 1. The second-order valence-electron chi connectivity index (χ2n) is 9.47. The summed E-state index contributed by atoms with van der Waals surface area (Å²) in [5.74, 6) is -1.69. The number of hydrogen-bond donors (Lipinski definition) is 4. The van der Waals surface area contributed by atoms with Gasteiger partial charge in [0.25, 0.3) is 5.91 Å². The normalized spacial score (nSPS) is 10.3. The van der Waals surface area contributed by atoms with Gasteiger partial charge in [-0.1, -0.05) is 36.4 Å². The third-order valence-corrected chi connectivity index (χ3v) is 6.85. The van der Waals surface area contributed by atoms with E-state index in [0.29, 0.717) is 35.6 Å². The van der Waals surface area contributed by atoms with Crippen molar-refractivity contribution in [3.63, 3.8) is 0 Å². The number of urea groups is 1. The van der Waals surface area contributed by atoms with Crippen molar-refractivity contribution in [1.82, 2.24) is 9.80 Å². The lowest BCUT2D eigenvalue weighted by Crippen LogP contribution is -2.46. The molecule has 0 fully saturated rings. The summed E-state index contributed by atoms with van der Waals surface area (Å²) in [6, 6.07) is 23.4. The maximum Gasteiger partial charge on any atom is 0.323 e. The molecular weight excluding hydrogens is 570 g/mol. The second-order valence-corrected chi connectivity index (χ2v) is 10.5. The van der Waals surface area contributed by atoms with Crippen LogP contribution in [0.15, 0.2) is 84.9 Å². The van der Waals surface area contributed by atoms with Crippen LogP contribution in [0.4, 0.5) is 21.9 Å². The first kappa shape index (κ1) is 32.7.